The average Bonchev–Trinajstić information content (AvgIpc) is 2.64. The van der Waals surface area contributed by atoms with E-state index in [0.29, 0.717) is 23.6 Å². The van der Waals surface area contributed by atoms with Gasteiger partial charge in [-0.25, -0.2) is 17.6 Å². The number of hydrogen-bond acceptors (Lipinski definition) is 1. The van der Waals surface area contributed by atoms with Crippen LogP contribution in [-0.2, 0) is 6.11 Å². The molecule has 0 saturated heterocycles. The molecule has 0 unspecified atom stereocenters. The smallest absolute Gasteiger partial charge is 0.429 e. The number of halogens is 6. The Bertz CT molecular complexity index is 915. The Morgan fingerprint density at radius 3 is 1.74 bits per heavy atom. The third-order valence-corrected chi connectivity index (χ3v) is 6.92. The molecule has 0 aliphatic heterocycles. The van der Waals surface area contributed by atoms with Gasteiger partial charge in [0, 0.05) is 17.7 Å². The lowest BCUT2D eigenvalue weighted by molar-refractivity contribution is -0.189. The first-order valence-corrected chi connectivity index (χ1v) is 10.7. The van der Waals surface area contributed by atoms with Gasteiger partial charge in [-0.2, -0.15) is 8.78 Å². The standard InChI is InChI=1S/C24H24F6O/c1-13-19(25)11-18(12-20(13)26)31-24(29,30)23-21(27)9-17(10-22(23)28)16-7-5-15(6-8-16)14-3-2-4-14/h9-12,14-16H,2-8H2,1H3. The molecular weight excluding hydrogens is 418 g/mol. The first kappa shape index (κ1) is 22.0. The van der Waals surface area contributed by atoms with Crippen molar-refractivity contribution in [2.24, 2.45) is 11.8 Å². The van der Waals surface area contributed by atoms with E-state index in [1.807, 2.05) is 0 Å². The summed E-state index contributed by atoms with van der Waals surface area (Å²) < 4.78 is 89.9. The van der Waals surface area contributed by atoms with Crippen molar-refractivity contribution in [3.63, 3.8) is 0 Å². The highest BCUT2D eigenvalue weighted by Crippen LogP contribution is 2.45. The minimum Gasteiger partial charge on any atom is -0.429 e. The molecule has 0 N–H and O–H groups in total. The molecule has 31 heavy (non-hydrogen) atoms. The van der Waals surface area contributed by atoms with Crippen molar-refractivity contribution in [1.29, 1.82) is 0 Å². The number of hydrogen-bond donors (Lipinski definition) is 0. The predicted octanol–water partition coefficient (Wildman–Crippen LogP) is 7.75. The molecule has 0 spiro atoms. The van der Waals surface area contributed by atoms with Crippen molar-refractivity contribution in [3.8, 4) is 5.75 Å². The SMILES string of the molecule is Cc1c(F)cc(OC(F)(F)c2c(F)cc(C3CCC(C4CCC4)CC3)cc2F)cc1F. The van der Waals surface area contributed by atoms with E-state index < -0.39 is 40.7 Å². The van der Waals surface area contributed by atoms with Crippen molar-refractivity contribution in [1.82, 2.24) is 0 Å². The lowest BCUT2D eigenvalue weighted by atomic mass is 9.67. The molecule has 2 aromatic rings. The van der Waals surface area contributed by atoms with Crippen LogP contribution >= 0.6 is 0 Å². The second kappa shape index (κ2) is 8.40. The minimum atomic E-state index is -4.44. The van der Waals surface area contributed by atoms with Crippen molar-refractivity contribution < 1.29 is 31.1 Å². The first-order valence-electron chi connectivity index (χ1n) is 10.7. The Balaban J connectivity index is 1.52. The van der Waals surface area contributed by atoms with E-state index in [0.717, 1.165) is 50.7 Å². The molecule has 0 bridgehead atoms. The molecule has 2 aliphatic rings. The Kier molecular flexibility index (Phi) is 5.97. The zero-order chi connectivity index (χ0) is 22.3. The van der Waals surface area contributed by atoms with Gasteiger partial charge in [0.25, 0.3) is 0 Å². The van der Waals surface area contributed by atoms with Crippen molar-refractivity contribution in [2.75, 3.05) is 0 Å². The number of alkyl halides is 2. The molecule has 2 saturated carbocycles. The average molecular weight is 442 g/mol. The third-order valence-electron chi connectivity index (χ3n) is 6.92. The van der Waals surface area contributed by atoms with Gasteiger partial charge in [0.2, 0.25) is 0 Å². The van der Waals surface area contributed by atoms with E-state index in [1.165, 1.54) is 19.3 Å². The summed E-state index contributed by atoms with van der Waals surface area (Å²) in [5, 5.41) is 0. The second-order valence-corrected chi connectivity index (χ2v) is 8.79. The minimum absolute atomic E-state index is 0.0794. The summed E-state index contributed by atoms with van der Waals surface area (Å²) in [6.07, 6.45) is 2.81. The maximum Gasteiger partial charge on any atom is 0.432 e. The van der Waals surface area contributed by atoms with Gasteiger partial charge in [0.05, 0.1) is 0 Å². The summed E-state index contributed by atoms with van der Waals surface area (Å²) in [6.45, 7) is 1.13. The molecule has 4 rings (SSSR count). The van der Waals surface area contributed by atoms with Crippen LogP contribution < -0.4 is 4.74 Å². The molecule has 2 fully saturated rings. The maximum atomic E-state index is 14.6. The van der Waals surface area contributed by atoms with Crippen LogP contribution in [0, 0.1) is 42.0 Å². The van der Waals surface area contributed by atoms with Gasteiger partial charge in [-0.3, -0.25) is 0 Å². The Labute approximate surface area is 177 Å². The van der Waals surface area contributed by atoms with E-state index in [1.54, 1.807) is 0 Å². The highest BCUT2D eigenvalue weighted by Gasteiger charge is 2.42. The Hall–Kier alpha value is -2.18. The lowest BCUT2D eigenvalue weighted by Crippen LogP contribution is -2.27. The Morgan fingerprint density at radius 2 is 1.26 bits per heavy atom. The largest absolute Gasteiger partial charge is 0.432 e. The molecular formula is C24H24F6O. The van der Waals surface area contributed by atoms with Crippen molar-refractivity contribution in [3.05, 3.63) is 64.2 Å². The zero-order valence-electron chi connectivity index (χ0n) is 17.2. The van der Waals surface area contributed by atoms with Gasteiger partial charge < -0.3 is 4.74 Å². The summed E-state index contributed by atoms with van der Waals surface area (Å²) in [7, 11) is 0. The maximum absolute atomic E-state index is 14.6. The van der Waals surface area contributed by atoms with E-state index in [2.05, 4.69) is 4.74 Å². The van der Waals surface area contributed by atoms with Gasteiger partial charge in [0.15, 0.2) is 0 Å². The van der Waals surface area contributed by atoms with E-state index in [9.17, 15) is 26.3 Å². The fourth-order valence-corrected chi connectivity index (χ4v) is 4.82. The van der Waals surface area contributed by atoms with Crippen molar-refractivity contribution >= 4 is 0 Å². The second-order valence-electron chi connectivity index (χ2n) is 8.79. The summed E-state index contributed by atoms with van der Waals surface area (Å²) in [4.78, 5) is 0. The number of benzene rings is 2. The topological polar surface area (TPSA) is 9.23 Å². The van der Waals surface area contributed by atoms with E-state index in [-0.39, 0.29) is 11.5 Å². The van der Waals surface area contributed by atoms with Crippen LogP contribution in [0.1, 0.15) is 67.6 Å². The van der Waals surface area contributed by atoms with Crippen LogP contribution in [0.4, 0.5) is 26.3 Å². The summed E-state index contributed by atoms with van der Waals surface area (Å²) in [6, 6.07) is 2.97. The van der Waals surface area contributed by atoms with Crippen LogP contribution in [-0.4, -0.2) is 0 Å². The van der Waals surface area contributed by atoms with Crippen LogP contribution in [0.5, 0.6) is 5.75 Å². The molecule has 0 aromatic heterocycles. The highest BCUT2D eigenvalue weighted by atomic mass is 19.3. The van der Waals surface area contributed by atoms with Gasteiger partial charge in [-0.15, -0.1) is 0 Å². The third kappa shape index (κ3) is 4.41. The Morgan fingerprint density at radius 1 is 0.742 bits per heavy atom. The van der Waals surface area contributed by atoms with Crippen molar-refractivity contribution in [2.45, 2.75) is 63.9 Å². The first-order chi connectivity index (χ1) is 14.7. The molecule has 0 amide bonds. The number of ether oxygens (including phenoxy) is 1. The summed E-state index contributed by atoms with van der Waals surface area (Å²) in [5.41, 5.74) is -1.58. The fraction of sp³-hybridized carbons (Fsp3) is 0.500. The van der Waals surface area contributed by atoms with E-state index >= 15 is 0 Å². The van der Waals surface area contributed by atoms with E-state index in [4.69, 9.17) is 0 Å². The van der Waals surface area contributed by atoms with Crippen LogP contribution in [0.3, 0.4) is 0 Å². The number of rotatable bonds is 5. The summed E-state index contributed by atoms with van der Waals surface area (Å²) in [5.74, 6) is -4.61. The van der Waals surface area contributed by atoms with Gasteiger partial charge in [-0.05, 0) is 68.1 Å². The molecule has 1 nitrogen and oxygen atoms in total. The van der Waals surface area contributed by atoms with Gasteiger partial charge in [-0.1, -0.05) is 19.3 Å². The van der Waals surface area contributed by atoms with Crippen LogP contribution in [0.15, 0.2) is 24.3 Å². The van der Waals surface area contributed by atoms with Gasteiger partial charge >= 0.3 is 6.11 Å². The monoisotopic (exact) mass is 442 g/mol. The summed E-state index contributed by atoms with van der Waals surface area (Å²) >= 11 is 0. The van der Waals surface area contributed by atoms with Crippen LogP contribution in [0.25, 0.3) is 0 Å². The van der Waals surface area contributed by atoms with Gasteiger partial charge in [0.1, 0.15) is 34.6 Å². The quantitative estimate of drug-likeness (QED) is 0.430. The molecule has 2 aromatic carbocycles. The molecule has 0 radical (unpaired) electrons. The molecule has 2 aliphatic carbocycles. The molecule has 168 valence electrons. The van der Waals surface area contributed by atoms with Crippen LogP contribution in [0.2, 0.25) is 0 Å². The molecule has 0 atom stereocenters. The molecule has 0 heterocycles. The molecule has 7 heteroatoms. The highest BCUT2D eigenvalue weighted by molar-refractivity contribution is 5.34. The predicted molar refractivity (Wildman–Crippen MR) is 104 cm³/mol. The fourth-order valence-electron chi connectivity index (χ4n) is 4.82. The normalized spacial score (nSPS) is 22.3. The zero-order valence-corrected chi connectivity index (χ0v) is 17.2. The lowest BCUT2D eigenvalue weighted by Gasteiger charge is -2.38.